The van der Waals surface area contributed by atoms with Crippen molar-refractivity contribution in [1.29, 1.82) is 0 Å². The zero-order chi connectivity index (χ0) is 21.2. The quantitative estimate of drug-likeness (QED) is 0.571. The van der Waals surface area contributed by atoms with Crippen LogP contribution in [0.3, 0.4) is 0 Å². The molecule has 1 aliphatic heterocycles. The van der Waals surface area contributed by atoms with Gasteiger partial charge in [0.2, 0.25) is 5.91 Å². The van der Waals surface area contributed by atoms with Crippen molar-refractivity contribution in [3.05, 3.63) is 35.4 Å². The van der Waals surface area contributed by atoms with Crippen molar-refractivity contribution in [1.82, 2.24) is 20.9 Å². The van der Waals surface area contributed by atoms with Crippen molar-refractivity contribution < 1.29 is 14.4 Å². The molecule has 2 aliphatic rings. The first kappa shape index (κ1) is 22.1. The Morgan fingerprint density at radius 1 is 0.967 bits per heavy atom. The fourth-order valence-corrected chi connectivity index (χ4v) is 4.14. The fraction of sp³-hybridized carbons (Fsp3) is 0.609. The van der Waals surface area contributed by atoms with Crippen LogP contribution in [0.4, 0.5) is 4.79 Å². The van der Waals surface area contributed by atoms with Gasteiger partial charge in [-0.1, -0.05) is 31.4 Å². The minimum Gasteiger partial charge on any atom is -0.352 e. The predicted molar refractivity (Wildman–Crippen MR) is 116 cm³/mol. The minimum absolute atomic E-state index is 0.0549. The molecule has 0 bridgehead atoms. The highest BCUT2D eigenvalue weighted by atomic mass is 16.2. The second kappa shape index (κ2) is 11.6. The highest BCUT2D eigenvalue weighted by Crippen LogP contribution is 2.17. The van der Waals surface area contributed by atoms with Crippen LogP contribution in [0.1, 0.15) is 73.7 Å². The molecule has 1 saturated carbocycles. The van der Waals surface area contributed by atoms with Crippen LogP contribution in [-0.4, -0.2) is 48.4 Å². The van der Waals surface area contributed by atoms with Crippen LogP contribution in [0.5, 0.6) is 0 Å². The summed E-state index contributed by atoms with van der Waals surface area (Å²) in [6.07, 6.45) is 8.82. The highest BCUT2D eigenvalue weighted by molar-refractivity contribution is 5.94. The van der Waals surface area contributed by atoms with Gasteiger partial charge in [0.05, 0.1) is 0 Å². The molecule has 1 aromatic rings. The summed E-state index contributed by atoms with van der Waals surface area (Å²) in [7, 11) is 0. The van der Waals surface area contributed by atoms with Gasteiger partial charge in [0.15, 0.2) is 0 Å². The van der Waals surface area contributed by atoms with Gasteiger partial charge < -0.3 is 20.9 Å². The number of nitrogens with one attached hydrogen (secondary N) is 3. The topological polar surface area (TPSA) is 90.5 Å². The third-order valence-corrected chi connectivity index (χ3v) is 5.86. The lowest BCUT2D eigenvalue weighted by Crippen LogP contribution is -2.43. The first-order valence-corrected chi connectivity index (χ1v) is 11.3. The number of rotatable bonds is 8. The number of amides is 4. The molecule has 1 saturated heterocycles. The Labute approximate surface area is 179 Å². The van der Waals surface area contributed by atoms with Gasteiger partial charge in [0.1, 0.15) is 0 Å². The summed E-state index contributed by atoms with van der Waals surface area (Å²) in [6, 6.07) is 7.61. The van der Waals surface area contributed by atoms with Crippen LogP contribution in [0.2, 0.25) is 0 Å². The van der Waals surface area contributed by atoms with Gasteiger partial charge in [-0.05, 0) is 49.8 Å². The summed E-state index contributed by atoms with van der Waals surface area (Å²) in [4.78, 5) is 38.4. The van der Waals surface area contributed by atoms with E-state index in [1.54, 1.807) is 0 Å². The summed E-state index contributed by atoms with van der Waals surface area (Å²) in [5, 5.41) is 8.74. The molecule has 0 unspecified atom stereocenters. The summed E-state index contributed by atoms with van der Waals surface area (Å²) in [5.41, 5.74) is 1.59. The van der Waals surface area contributed by atoms with E-state index in [-0.39, 0.29) is 23.9 Å². The molecule has 0 spiro atoms. The molecule has 4 amide bonds. The molecule has 1 heterocycles. The predicted octanol–water partition coefficient (Wildman–Crippen LogP) is 2.95. The molecular weight excluding hydrogens is 380 g/mol. The second-order valence-electron chi connectivity index (χ2n) is 8.32. The molecule has 30 heavy (non-hydrogen) atoms. The van der Waals surface area contributed by atoms with Gasteiger partial charge in [-0.15, -0.1) is 0 Å². The molecule has 1 aromatic carbocycles. The van der Waals surface area contributed by atoms with Crippen molar-refractivity contribution in [2.24, 2.45) is 0 Å². The fourth-order valence-electron chi connectivity index (χ4n) is 4.14. The summed E-state index contributed by atoms with van der Waals surface area (Å²) >= 11 is 0. The van der Waals surface area contributed by atoms with E-state index >= 15 is 0 Å². The van der Waals surface area contributed by atoms with Crippen molar-refractivity contribution in [3.63, 3.8) is 0 Å². The van der Waals surface area contributed by atoms with Gasteiger partial charge in [-0.25, -0.2) is 4.79 Å². The maximum absolute atomic E-state index is 12.5. The summed E-state index contributed by atoms with van der Waals surface area (Å²) in [5.74, 6) is 0.0130. The first-order chi connectivity index (χ1) is 14.6. The molecule has 0 radical (unpaired) electrons. The Morgan fingerprint density at radius 3 is 2.50 bits per heavy atom. The summed E-state index contributed by atoms with van der Waals surface area (Å²) < 4.78 is 0. The van der Waals surface area contributed by atoms with Gasteiger partial charge in [0.25, 0.3) is 5.91 Å². The number of likely N-dealkylation sites (tertiary alicyclic amines) is 1. The number of benzene rings is 1. The lowest BCUT2D eigenvalue weighted by Gasteiger charge is -2.22. The number of hydrogen-bond donors (Lipinski definition) is 3. The normalized spacial score (nSPS) is 16.9. The Bertz CT molecular complexity index is 725. The average molecular weight is 415 g/mol. The van der Waals surface area contributed by atoms with Crippen LogP contribution in [-0.2, 0) is 11.3 Å². The first-order valence-electron chi connectivity index (χ1n) is 11.3. The minimum atomic E-state index is -0.137. The van der Waals surface area contributed by atoms with Gasteiger partial charge in [0, 0.05) is 44.2 Å². The van der Waals surface area contributed by atoms with E-state index in [4.69, 9.17) is 0 Å². The van der Waals surface area contributed by atoms with E-state index in [1.807, 2.05) is 29.2 Å². The maximum Gasteiger partial charge on any atom is 0.315 e. The Balaban J connectivity index is 1.31. The van der Waals surface area contributed by atoms with Crippen molar-refractivity contribution >= 4 is 17.8 Å². The van der Waals surface area contributed by atoms with E-state index in [0.717, 1.165) is 44.3 Å². The Hall–Kier alpha value is -2.57. The van der Waals surface area contributed by atoms with Crippen molar-refractivity contribution in [2.75, 3.05) is 19.6 Å². The molecule has 1 aliphatic carbocycles. The van der Waals surface area contributed by atoms with Gasteiger partial charge in [-0.3, -0.25) is 9.59 Å². The molecule has 164 valence electrons. The molecular formula is C23H34N4O3. The number of nitrogens with zero attached hydrogens (tertiary/aromatic N) is 1. The van der Waals surface area contributed by atoms with Crippen LogP contribution < -0.4 is 16.0 Å². The van der Waals surface area contributed by atoms with E-state index in [1.165, 1.54) is 19.3 Å². The number of carbonyl (C=O) groups excluding carboxylic acids is 3. The van der Waals surface area contributed by atoms with Crippen LogP contribution in [0, 0.1) is 0 Å². The van der Waals surface area contributed by atoms with Gasteiger partial charge in [-0.2, -0.15) is 0 Å². The van der Waals surface area contributed by atoms with Crippen LogP contribution >= 0.6 is 0 Å². The zero-order valence-electron chi connectivity index (χ0n) is 17.8. The Morgan fingerprint density at radius 2 is 1.73 bits per heavy atom. The largest absolute Gasteiger partial charge is 0.352 e. The van der Waals surface area contributed by atoms with E-state index < -0.39 is 0 Å². The van der Waals surface area contributed by atoms with Crippen LogP contribution in [0.15, 0.2) is 24.3 Å². The van der Waals surface area contributed by atoms with E-state index in [0.29, 0.717) is 31.5 Å². The highest BCUT2D eigenvalue weighted by Gasteiger charge is 2.19. The SMILES string of the molecule is O=C(CCCNC(=O)NC1CCCCC1)NCc1cccc(C(=O)N2CCCC2)c1. The monoisotopic (exact) mass is 414 g/mol. The van der Waals surface area contributed by atoms with Crippen molar-refractivity contribution in [3.8, 4) is 0 Å². The average Bonchev–Trinajstić information content (AvgIpc) is 3.31. The van der Waals surface area contributed by atoms with Crippen molar-refractivity contribution in [2.45, 2.75) is 70.4 Å². The molecule has 2 fully saturated rings. The smallest absolute Gasteiger partial charge is 0.315 e. The third kappa shape index (κ3) is 7.04. The zero-order valence-corrected chi connectivity index (χ0v) is 17.8. The molecule has 0 aromatic heterocycles. The third-order valence-electron chi connectivity index (χ3n) is 5.86. The number of hydrogen-bond acceptors (Lipinski definition) is 3. The lowest BCUT2D eigenvalue weighted by molar-refractivity contribution is -0.121. The second-order valence-corrected chi connectivity index (χ2v) is 8.32. The molecule has 7 heteroatoms. The maximum atomic E-state index is 12.5. The molecule has 7 nitrogen and oxygen atoms in total. The molecule has 3 rings (SSSR count). The van der Waals surface area contributed by atoms with E-state index in [2.05, 4.69) is 16.0 Å². The number of urea groups is 1. The molecule has 3 N–H and O–H groups in total. The van der Waals surface area contributed by atoms with E-state index in [9.17, 15) is 14.4 Å². The van der Waals surface area contributed by atoms with Crippen LogP contribution in [0.25, 0.3) is 0 Å². The summed E-state index contributed by atoms with van der Waals surface area (Å²) in [6.45, 7) is 2.53. The molecule has 0 atom stereocenters. The standard InChI is InChI=1S/C23H34N4O3/c28-21(12-7-13-24-23(30)26-20-10-2-1-3-11-20)25-17-18-8-6-9-19(16-18)22(29)27-14-4-5-15-27/h6,8-9,16,20H,1-5,7,10-15,17H2,(H,25,28)(H2,24,26,30). The number of carbonyl (C=O) groups is 3. The van der Waals surface area contributed by atoms with Gasteiger partial charge >= 0.3 is 6.03 Å². The Kier molecular flexibility index (Phi) is 8.53. The lowest BCUT2D eigenvalue weighted by atomic mass is 9.96.